The Morgan fingerprint density at radius 1 is 1.17 bits per heavy atom. The van der Waals surface area contributed by atoms with Gasteiger partial charge in [0.15, 0.2) is 0 Å². The quantitative estimate of drug-likeness (QED) is 0.525. The van der Waals surface area contributed by atoms with Crippen LogP contribution in [0.2, 0.25) is 0 Å². The highest BCUT2D eigenvalue weighted by Crippen LogP contribution is 2.29. The van der Waals surface area contributed by atoms with Crippen molar-refractivity contribution in [3.8, 4) is 0 Å². The first-order valence-electron chi connectivity index (χ1n) is 7.25. The van der Waals surface area contributed by atoms with Gasteiger partial charge in [0.25, 0.3) is 0 Å². The molecule has 1 heterocycles. The maximum absolute atomic E-state index is 3.68. The van der Waals surface area contributed by atoms with Gasteiger partial charge in [0.05, 0.1) is 0 Å². The summed E-state index contributed by atoms with van der Waals surface area (Å²) in [7, 11) is 0. The molecule has 0 bridgehead atoms. The highest BCUT2D eigenvalue weighted by Gasteiger charge is 2.12. The van der Waals surface area contributed by atoms with Crippen molar-refractivity contribution < 1.29 is 0 Å². The van der Waals surface area contributed by atoms with Gasteiger partial charge in [-0.05, 0) is 41.4 Å². The number of rotatable bonds is 10. The molecule has 0 spiro atoms. The third-order valence-corrected chi connectivity index (χ3v) is 4.98. The Morgan fingerprint density at radius 2 is 1.94 bits per heavy atom. The number of halogens is 1. The van der Waals surface area contributed by atoms with Crippen LogP contribution >= 0.6 is 27.3 Å². The third kappa shape index (κ3) is 6.35. The molecule has 1 N–H and O–H groups in total. The van der Waals surface area contributed by atoms with Crippen LogP contribution in [0.5, 0.6) is 0 Å². The molecule has 1 rings (SSSR count). The Kier molecular flexibility index (Phi) is 8.99. The molecule has 0 radical (unpaired) electrons. The van der Waals surface area contributed by atoms with Crippen LogP contribution < -0.4 is 5.32 Å². The molecule has 0 amide bonds. The molecule has 0 saturated heterocycles. The van der Waals surface area contributed by atoms with Crippen LogP contribution in [0.3, 0.4) is 0 Å². The standard InChI is InChI=1S/C15H26BrNS/c1-3-5-6-7-8-9-14(17-10-4-2)15-11-13(16)12-18-15/h11-12,14,17H,3-10H2,1-2H3. The predicted octanol–water partition coefficient (Wildman–Crippen LogP) is 5.91. The molecular weight excluding hydrogens is 306 g/mol. The molecule has 1 nitrogen and oxygen atoms in total. The van der Waals surface area contributed by atoms with E-state index in [0.29, 0.717) is 6.04 Å². The Labute approximate surface area is 125 Å². The van der Waals surface area contributed by atoms with Gasteiger partial charge in [0.2, 0.25) is 0 Å². The molecule has 18 heavy (non-hydrogen) atoms. The van der Waals surface area contributed by atoms with Crippen molar-refractivity contribution in [3.05, 3.63) is 20.8 Å². The molecule has 3 heteroatoms. The second-order valence-corrected chi connectivity index (χ2v) is 6.74. The van der Waals surface area contributed by atoms with Crippen LogP contribution in [0.25, 0.3) is 0 Å². The van der Waals surface area contributed by atoms with Crippen LogP contribution in [0.1, 0.15) is 69.7 Å². The fourth-order valence-corrected chi connectivity index (χ4v) is 3.68. The highest BCUT2D eigenvalue weighted by molar-refractivity contribution is 9.10. The van der Waals surface area contributed by atoms with E-state index in [1.54, 1.807) is 0 Å². The fraction of sp³-hybridized carbons (Fsp3) is 0.733. The first kappa shape index (κ1) is 16.2. The predicted molar refractivity (Wildman–Crippen MR) is 86.4 cm³/mol. The van der Waals surface area contributed by atoms with E-state index >= 15 is 0 Å². The van der Waals surface area contributed by atoms with Crippen LogP contribution in [0, 0.1) is 0 Å². The zero-order valence-corrected chi connectivity index (χ0v) is 14.1. The third-order valence-electron chi connectivity index (χ3n) is 3.17. The monoisotopic (exact) mass is 331 g/mol. The molecule has 0 aliphatic rings. The van der Waals surface area contributed by atoms with Gasteiger partial charge in [-0.15, -0.1) is 11.3 Å². The number of nitrogens with one attached hydrogen (secondary N) is 1. The van der Waals surface area contributed by atoms with E-state index in [-0.39, 0.29) is 0 Å². The molecule has 0 aliphatic heterocycles. The van der Waals surface area contributed by atoms with Crippen LogP contribution in [0.4, 0.5) is 0 Å². The molecule has 0 aliphatic carbocycles. The SMILES string of the molecule is CCCCCCCC(NCCC)c1cc(Br)cs1. The Morgan fingerprint density at radius 3 is 2.56 bits per heavy atom. The summed E-state index contributed by atoms with van der Waals surface area (Å²) in [6, 6.07) is 2.83. The van der Waals surface area contributed by atoms with Crippen molar-refractivity contribution in [1.29, 1.82) is 0 Å². The molecule has 1 aromatic rings. The van der Waals surface area contributed by atoms with Gasteiger partial charge in [-0.25, -0.2) is 0 Å². The van der Waals surface area contributed by atoms with Gasteiger partial charge in [-0.3, -0.25) is 0 Å². The normalized spacial score (nSPS) is 12.8. The maximum Gasteiger partial charge on any atom is 0.0415 e. The second kappa shape index (κ2) is 9.99. The lowest BCUT2D eigenvalue weighted by Crippen LogP contribution is -2.21. The van der Waals surface area contributed by atoms with Gasteiger partial charge in [0.1, 0.15) is 0 Å². The minimum Gasteiger partial charge on any atom is -0.309 e. The van der Waals surface area contributed by atoms with E-state index in [2.05, 4.69) is 46.5 Å². The topological polar surface area (TPSA) is 12.0 Å². The van der Waals surface area contributed by atoms with Crippen LogP contribution in [-0.4, -0.2) is 6.54 Å². The summed E-state index contributed by atoms with van der Waals surface area (Å²) in [5, 5.41) is 5.87. The summed E-state index contributed by atoms with van der Waals surface area (Å²) < 4.78 is 1.22. The van der Waals surface area contributed by atoms with Crippen molar-refractivity contribution >= 4 is 27.3 Å². The largest absolute Gasteiger partial charge is 0.309 e. The minimum absolute atomic E-state index is 0.558. The van der Waals surface area contributed by atoms with Gasteiger partial charge in [-0.1, -0.05) is 46.0 Å². The molecule has 1 aromatic heterocycles. The smallest absolute Gasteiger partial charge is 0.0415 e. The summed E-state index contributed by atoms with van der Waals surface area (Å²) in [6.07, 6.45) is 9.31. The summed E-state index contributed by atoms with van der Waals surface area (Å²) in [4.78, 5) is 1.48. The maximum atomic E-state index is 3.68. The molecule has 0 fully saturated rings. The van der Waals surface area contributed by atoms with E-state index < -0.39 is 0 Å². The Balaban J connectivity index is 2.36. The Bertz CT molecular complexity index is 311. The second-order valence-electron chi connectivity index (χ2n) is 4.88. The fourth-order valence-electron chi connectivity index (χ4n) is 2.13. The lowest BCUT2D eigenvalue weighted by atomic mass is 10.1. The van der Waals surface area contributed by atoms with E-state index in [9.17, 15) is 0 Å². The minimum atomic E-state index is 0.558. The molecular formula is C15H26BrNS. The average Bonchev–Trinajstić information content (AvgIpc) is 2.79. The summed E-state index contributed by atoms with van der Waals surface area (Å²) in [5.74, 6) is 0. The van der Waals surface area contributed by atoms with E-state index in [1.165, 1.54) is 54.3 Å². The molecule has 104 valence electrons. The molecule has 1 unspecified atom stereocenters. The van der Waals surface area contributed by atoms with E-state index in [1.807, 2.05) is 11.3 Å². The van der Waals surface area contributed by atoms with Gasteiger partial charge in [0, 0.05) is 20.8 Å². The molecule has 0 saturated carbocycles. The average molecular weight is 332 g/mol. The molecule has 0 aromatic carbocycles. The van der Waals surface area contributed by atoms with Crippen LogP contribution in [-0.2, 0) is 0 Å². The highest BCUT2D eigenvalue weighted by atomic mass is 79.9. The zero-order valence-electron chi connectivity index (χ0n) is 11.7. The van der Waals surface area contributed by atoms with Crippen molar-refractivity contribution in [2.75, 3.05) is 6.54 Å². The summed E-state index contributed by atoms with van der Waals surface area (Å²) in [5.41, 5.74) is 0. The zero-order chi connectivity index (χ0) is 13.2. The number of unbranched alkanes of at least 4 members (excludes halogenated alkanes) is 4. The number of thiophene rings is 1. The van der Waals surface area contributed by atoms with Gasteiger partial charge in [-0.2, -0.15) is 0 Å². The number of hydrogen-bond acceptors (Lipinski definition) is 2. The molecule has 1 atom stereocenters. The summed E-state index contributed by atoms with van der Waals surface area (Å²) >= 11 is 5.42. The van der Waals surface area contributed by atoms with Crippen molar-refractivity contribution in [2.24, 2.45) is 0 Å². The van der Waals surface area contributed by atoms with E-state index in [4.69, 9.17) is 0 Å². The van der Waals surface area contributed by atoms with Gasteiger partial charge >= 0.3 is 0 Å². The first-order chi connectivity index (χ1) is 8.77. The summed E-state index contributed by atoms with van der Waals surface area (Å²) in [6.45, 7) is 5.62. The first-order valence-corrected chi connectivity index (χ1v) is 8.92. The van der Waals surface area contributed by atoms with Crippen molar-refractivity contribution in [1.82, 2.24) is 5.32 Å². The Hall–Kier alpha value is 0.140. The van der Waals surface area contributed by atoms with Crippen molar-refractivity contribution in [2.45, 2.75) is 64.8 Å². The van der Waals surface area contributed by atoms with E-state index in [0.717, 1.165) is 6.54 Å². The number of hydrogen-bond donors (Lipinski definition) is 1. The van der Waals surface area contributed by atoms with Crippen molar-refractivity contribution in [3.63, 3.8) is 0 Å². The lowest BCUT2D eigenvalue weighted by molar-refractivity contribution is 0.473. The van der Waals surface area contributed by atoms with Gasteiger partial charge < -0.3 is 5.32 Å². The van der Waals surface area contributed by atoms with Crippen LogP contribution in [0.15, 0.2) is 15.9 Å². The lowest BCUT2D eigenvalue weighted by Gasteiger charge is -2.17.